The minimum absolute atomic E-state index is 0.833. The molecule has 0 unspecified atom stereocenters. The Kier molecular flexibility index (Phi) is 3.74. The van der Waals surface area contributed by atoms with E-state index >= 15 is 0 Å². The molecule has 2 heteroatoms. The number of piperidine rings is 1. The van der Waals surface area contributed by atoms with E-state index in [0.717, 1.165) is 35.9 Å². The van der Waals surface area contributed by atoms with Gasteiger partial charge in [-0.05, 0) is 18.1 Å². The average Bonchev–Trinajstić information content (AvgIpc) is 2.62. The third kappa shape index (κ3) is 2.81. The predicted octanol–water partition coefficient (Wildman–Crippen LogP) is 4.30. The molecule has 1 aliphatic rings. The number of hydrogen-bond acceptors (Lipinski definition) is 1. The fourth-order valence-electron chi connectivity index (χ4n) is 3.37. The molecule has 116 valence electrons. The van der Waals surface area contributed by atoms with Crippen LogP contribution in [0.3, 0.4) is 0 Å². The first-order chi connectivity index (χ1) is 11.3. The third-order valence-corrected chi connectivity index (χ3v) is 4.83. The summed E-state index contributed by atoms with van der Waals surface area (Å²) in [4.78, 5) is 0. The highest BCUT2D eigenvalue weighted by Crippen LogP contribution is 2.22. The van der Waals surface area contributed by atoms with Gasteiger partial charge in [0, 0.05) is 18.4 Å². The van der Waals surface area contributed by atoms with Crippen LogP contribution in [0.25, 0.3) is 22.3 Å². The zero-order chi connectivity index (χ0) is 15.6. The molecule has 0 saturated carbocycles. The largest absolute Gasteiger partial charge is 0.456 e. The predicted molar refractivity (Wildman–Crippen MR) is 95.1 cm³/mol. The average molecular weight is 304 g/mol. The van der Waals surface area contributed by atoms with Gasteiger partial charge in [-0.25, -0.2) is 4.58 Å². The molecule has 0 radical (unpaired) electrons. The van der Waals surface area contributed by atoms with E-state index in [1.54, 1.807) is 0 Å². The number of para-hydroxylation sites is 1. The van der Waals surface area contributed by atoms with E-state index < -0.39 is 0 Å². The van der Waals surface area contributed by atoms with Crippen LogP contribution in [-0.2, 0) is 0 Å². The molecule has 0 aliphatic carbocycles. The summed E-state index contributed by atoms with van der Waals surface area (Å²) in [5, 5.41) is 2.51. The molecule has 2 heterocycles. The van der Waals surface area contributed by atoms with Gasteiger partial charge in [0.1, 0.15) is 24.4 Å². The fourth-order valence-corrected chi connectivity index (χ4v) is 3.37. The van der Waals surface area contributed by atoms with E-state index in [1.165, 1.54) is 23.6 Å². The molecule has 3 aromatic rings. The van der Waals surface area contributed by atoms with Gasteiger partial charge in [0.15, 0.2) is 0 Å². The highest BCUT2D eigenvalue weighted by atomic mass is 16.3. The van der Waals surface area contributed by atoms with Gasteiger partial charge in [0.2, 0.25) is 5.36 Å². The molecule has 0 atom stereocenters. The SMILES string of the molecule is CC1CC[N+](=c2cc(-c3ccccc3)oc3ccccc23)CC1. The normalized spacial score (nSPS) is 18.3. The second kappa shape index (κ2) is 6.04. The van der Waals surface area contributed by atoms with E-state index in [1.807, 2.05) is 12.1 Å². The molecular weight excluding hydrogens is 282 g/mol. The standard InChI is InChI=1S/C21H22NO/c1-16-11-13-22(14-12-16)19-15-21(17-7-3-2-4-8-17)23-20-10-6-5-9-18(19)20/h2-10,15-16H,11-14H2,1H3/q+1. The number of fused-ring (bicyclic) bond motifs is 1. The zero-order valence-corrected chi connectivity index (χ0v) is 13.5. The van der Waals surface area contributed by atoms with Crippen LogP contribution in [0.5, 0.6) is 0 Å². The number of hydrogen-bond donors (Lipinski definition) is 0. The van der Waals surface area contributed by atoms with Gasteiger partial charge < -0.3 is 4.42 Å². The van der Waals surface area contributed by atoms with E-state index in [-0.39, 0.29) is 0 Å². The van der Waals surface area contributed by atoms with Gasteiger partial charge in [-0.1, -0.05) is 49.4 Å². The number of rotatable bonds is 1. The maximum Gasteiger partial charge on any atom is 0.214 e. The van der Waals surface area contributed by atoms with Crippen molar-refractivity contribution in [3.63, 3.8) is 0 Å². The second-order valence-corrected chi connectivity index (χ2v) is 6.53. The summed E-state index contributed by atoms with van der Waals surface area (Å²) in [6.07, 6.45) is 2.53. The van der Waals surface area contributed by atoms with Crippen LogP contribution in [0.15, 0.2) is 65.1 Å². The summed E-state index contributed by atoms with van der Waals surface area (Å²) in [6.45, 7) is 4.61. The molecule has 1 aliphatic heterocycles. The molecule has 0 bridgehead atoms. The molecule has 1 fully saturated rings. The van der Waals surface area contributed by atoms with Crippen molar-refractivity contribution in [2.45, 2.75) is 19.8 Å². The lowest BCUT2D eigenvalue weighted by Crippen LogP contribution is -2.37. The zero-order valence-electron chi connectivity index (χ0n) is 13.5. The maximum absolute atomic E-state index is 6.17. The lowest BCUT2D eigenvalue weighted by atomic mass is 10.00. The Morgan fingerprint density at radius 1 is 0.913 bits per heavy atom. The quantitative estimate of drug-likeness (QED) is 0.612. The molecule has 2 aromatic carbocycles. The molecule has 0 spiro atoms. The monoisotopic (exact) mass is 304 g/mol. The molecule has 23 heavy (non-hydrogen) atoms. The summed E-state index contributed by atoms with van der Waals surface area (Å²) in [5.74, 6) is 1.78. The van der Waals surface area contributed by atoms with Gasteiger partial charge in [0.25, 0.3) is 0 Å². The Labute approximate surface area is 136 Å². The first-order valence-corrected chi connectivity index (χ1v) is 8.47. The van der Waals surface area contributed by atoms with Crippen LogP contribution < -0.4 is 9.93 Å². The van der Waals surface area contributed by atoms with Crippen molar-refractivity contribution in [2.75, 3.05) is 13.1 Å². The minimum atomic E-state index is 0.833. The summed E-state index contributed by atoms with van der Waals surface area (Å²) in [7, 11) is 0. The van der Waals surface area contributed by atoms with Crippen molar-refractivity contribution in [3.8, 4) is 11.3 Å². The van der Waals surface area contributed by atoms with Crippen molar-refractivity contribution >= 4 is 11.0 Å². The lowest BCUT2D eigenvalue weighted by Gasteiger charge is -2.16. The highest BCUT2D eigenvalue weighted by molar-refractivity contribution is 5.78. The van der Waals surface area contributed by atoms with Gasteiger partial charge >= 0.3 is 0 Å². The summed E-state index contributed by atoms with van der Waals surface area (Å²) >= 11 is 0. The molecule has 0 N–H and O–H groups in total. The molecular formula is C21H22NO+. The molecule has 1 saturated heterocycles. The first-order valence-electron chi connectivity index (χ1n) is 8.47. The van der Waals surface area contributed by atoms with E-state index in [9.17, 15) is 0 Å². The summed E-state index contributed by atoms with van der Waals surface area (Å²) < 4.78 is 8.69. The van der Waals surface area contributed by atoms with Crippen LogP contribution in [0.4, 0.5) is 0 Å². The van der Waals surface area contributed by atoms with Crippen LogP contribution in [-0.4, -0.2) is 13.1 Å². The minimum Gasteiger partial charge on any atom is -0.456 e. The maximum atomic E-state index is 6.17. The van der Waals surface area contributed by atoms with Crippen LogP contribution >= 0.6 is 0 Å². The lowest BCUT2D eigenvalue weighted by molar-refractivity contribution is 0.360. The fraction of sp³-hybridized carbons (Fsp3) is 0.286. The second-order valence-electron chi connectivity index (χ2n) is 6.53. The van der Waals surface area contributed by atoms with Gasteiger partial charge in [-0.15, -0.1) is 0 Å². The Morgan fingerprint density at radius 3 is 2.39 bits per heavy atom. The van der Waals surface area contributed by atoms with E-state index in [2.05, 4.69) is 60.0 Å². The van der Waals surface area contributed by atoms with Crippen molar-refractivity contribution in [1.82, 2.24) is 4.58 Å². The summed E-state index contributed by atoms with van der Waals surface area (Å²) in [5.41, 5.74) is 2.09. The number of nitrogens with zero attached hydrogens (tertiary/aromatic N) is 1. The van der Waals surface area contributed by atoms with E-state index in [4.69, 9.17) is 4.42 Å². The van der Waals surface area contributed by atoms with Crippen molar-refractivity contribution in [3.05, 3.63) is 66.0 Å². The Bertz CT molecular complexity index is 882. The van der Waals surface area contributed by atoms with Gasteiger partial charge in [-0.3, -0.25) is 0 Å². The molecule has 1 aromatic heterocycles. The molecule has 4 rings (SSSR count). The van der Waals surface area contributed by atoms with Crippen molar-refractivity contribution in [2.24, 2.45) is 5.92 Å². The van der Waals surface area contributed by atoms with Crippen LogP contribution in [0, 0.1) is 5.92 Å². The third-order valence-electron chi connectivity index (χ3n) is 4.83. The van der Waals surface area contributed by atoms with Crippen LogP contribution in [0.1, 0.15) is 19.8 Å². The van der Waals surface area contributed by atoms with Gasteiger partial charge in [-0.2, -0.15) is 0 Å². The van der Waals surface area contributed by atoms with E-state index in [0.29, 0.717) is 0 Å². The molecule has 2 nitrogen and oxygen atoms in total. The Hall–Kier alpha value is -2.35. The summed E-state index contributed by atoms with van der Waals surface area (Å²) in [6, 6.07) is 21.0. The highest BCUT2D eigenvalue weighted by Gasteiger charge is 2.20. The molecule has 0 amide bonds. The first kappa shape index (κ1) is 14.3. The smallest absolute Gasteiger partial charge is 0.214 e. The topological polar surface area (TPSA) is 16.1 Å². The van der Waals surface area contributed by atoms with Crippen molar-refractivity contribution in [1.29, 1.82) is 0 Å². The Balaban J connectivity index is 1.97. The van der Waals surface area contributed by atoms with Crippen LogP contribution in [0.2, 0.25) is 0 Å². The van der Waals surface area contributed by atoms with Gasteiger partial charge in [0.05, 0.1) is 11.5 Å². The number of benzene rings is 2. The Morgan fingerprint density at radius 2 is 1.61 bits per heavy atom. The van der Waals surface area contributed by atoms with Crippen molar-refractivity contribution < 1.29 is 4.42 Å².